The second-order valence-electron chi connectivity index (χ2n) is 4.67. The number of aliphatic hydroxyl groups is 2. The Labute approximate surface area is 96.4 Å². The number of hydrogen-bond donors (Lipinski definition) is 3. The quantitative estimate of drug-likeness (QED) is 0.586. The molecule has 0 aromatic rings. The zero-order chi connectivity index (χ0) is 12.0. The first-order valence-corrected chi connectivity index (χ1v) is 5.86. The fraction of sp³-hybridized carbons (Fsp3) is 0.909. The summed E-state index contributed by atoms with van der Waals surface area (Å²) in [6.45, 7) is 3.16. The normalized spacial score (nSPS) is 17.6. The van der Waals surface area contributed by atoms with E-state index in [1.807, 2.05) is 4.90 Å². The van der Waals surface area contributed by atoms with Gasteiger partial charge in [0.25, 0.3) is 0 Å². The molecule has 94 valence electrons. The van der Waals surface area contributed by atoms with Gasteiger partial charge in [0.15, 0.2) is 0 Å². The van der Waals surface area contributed by atoms with Crippen LogP contribution < -0.4 is 5.32 Å². The smallest absolute Gasteiger partial charge is 0.236 e. The average molecular weight is 230 g/mol. The van der Waals surface area contributed by atoms with Crippen LogP contribution in [0.1, 0.15) is 26.2 Å². The molecule has 1 rings (SSSR count). The van der Waals surface area contributed by atoms with E-state index in [0.717, 1.165) is 25.9 Å². The van der Waals surface area contributed by atoms with E-state index in [1.54, 1.807) is 6.92 Å². The molecule has 0 unspecified atom stereocenters. The molecule has 0 saturated carbocycles. The number of amides is 1. The van der Waals surface area contributed by atoms with E-state index in [4.69, 9.17) is 10.2 Å². The first kappa shape index (κ1) is 13.4. The summed E-state index contributed by atoms with van der Waals surface area (Å²) in [6.07, 6.45) is 3.34. The van der Waals surface area contributed by atoms with Gasteiger partial charge >= 0.3 is 0 Å². The van der Waals surface area contributed by atoms with Crippen LogP contribution in [0.25, 0.3) is 0 Å². The highest BCUT2D eigenvalue weighted by Crippen LogP contribution is 2.08. The van der Waals surface area contributed by atoms with Gasteiger partial charge in [-0.05, 0) is 26.2 Å². The van der Waals surface area contributed by atoms with Crippen molar-refractivity contribution in [3.63, 3.8) is 0 Å². The molecule has 0 atom stereocenters. The van der Waals surface area contributed by atoms with Gasteiger partial charge in [0.1, 0.15) is 0 Å². The Morgan fingerprint density at radius 3 is 2.31 bits per heavy atom. The van der Waals surface area contributed by atoms with Gasteiger partial charge < -0.3 is 15.1 Å². The predicted molar refractivity (Wildman–Crippen MR) is 61.0 cm³/mol. The third kappa shape index (κ3) is 3.73. The van der Waals surface area contributed by atoms with Gasteiger partial charge in [0.2, 0.25) is 5.91 Å². The molecule has 1 amide bonds. The lowest BCUT2D eigenvalue weighted by molar-refractivity contribution is -0.131. The van der Waals surface area contributed by atoms with Crippen molar-refractivity contribution in [1.82, 2.24) is 10.2 Å². The monoisotopic (exact) mass is 230 g/mol. The van der Waals surface area contributed by atoms with Gasteiger partial charge in [0, 0.05) is 13.1 Å². The van der Waals surface area contributed by atoms with Crippen LogP contribution in [0, 0.1) is 0 Å². The topological polar surface area (TPSA) is 72.8 Å². The van der Waals surface area contributed by atoms with Crippen molar-refractivity contribution in [3.05, 3.63) is 0 Å². The molecule has 5 nitrogen and oxygen atoms in total. The van der Waals surface area contributed by atoms with E-state index in [-0.39, 0.29) is 25.7 Å². The van der Waals surface area contributed by atoms with Crippen LogP contribution in [0.15, 0.2) is 0 Å². The summed E-state index contributed by atoms with van der Waals surface area (Å²) in [4.78, 5) is 13.6. The van der Waals surface area contributed by atoms with Gasteiger partial charge in [-0.15, -0.1) is 0 Å². The minimum absolute atomic E-state index is 0.0489. The first-order valence-electron chi connectivity index (χ1n) is 5.86. The fourth-order valence-electron chi connectivity index (χ4n) is 1.71. The molecule has 0 aliphatic carbocycles. The summed E-state index contributed by atoms with van der Waals surface area (Å²) >= 11 is 0. The molecule has 0 bridgehead atoms. The van der Waals surface area contributed by atoms with Crippen molar-refractivity contribution in [1.29, 1.82) is 0 Å². The Bertz CT molecular complexity index is 223. The molecule has 5 heteroatoms. The van der Waals surface area contributed by atoms with Crippen molar-refractivity contribution < 1.29 is 15.0 Å². The lowest BCUT2D eigenvalue weighted by Crippen LogP contribution is -2.53. The summed E-state index contributed by atoms with van der Waals surface area (Å²) in [5.41, 5.74) is -0.772. The van der Waals surface area contributed by atoms with E-state index in [1.165, 1.54) is 6.42 Å². The van der Waals surface area contributed by atoms with E-state index in [2.05, 4.69) is 5.32 Å². The molecule has 0 spiro atoms. The zero-order valence-electron chi connectivity index (χ0n) is 9.91. The number of nitrogens with zero attached hydrogens (tertiary/aromatic N) is 1. The molecule has 0 aromatic heterocycles. The fourth-order valence-corrected chi connectivity index (χ4v) is 1.71. The molecule has 1 aliphatic heterocycles. The van der Waals surface area contributed by atoms with Crippen LogP contribution >= 0.6 is 0 Å². The zero-order valence-corrected chi connectivity index (χ0v) is 9.91. The number of piperidine rings is 1. The average Bonchev–Trinajstić information content (AvgIpc) is 2.36. The Kier molecular flexibility index (Phi) is 5.18. The summed E-state index contributed by atoms with van der Waals surface area (Å²) in [5, 5.41) is 21.0. The highest BCUT2D eigenvalue weighted by Gasteiger charge is 2.24. The highest BCUT2D eigenvalue weighted by atomic mass is 16.3. The maximum absolute atomic E-state index is 11.8. The largest absolute Gasteiger partial charge is 0.394 e. The predicted octanol–water partition coefficient (Wildman–Crippen LogP) is -0.668. The third-order valence-electron chi connectivity index (χ3n) is 3.07. The summed E-state index contributed by atoms with van der Waals surface area (Å²) in [5.74, 6) is 0.0489. The Morgan fingerprint density at radius 2 is 1.81 bits per heavy atom. The lowest BCUT2D eigenvalue weighted by atomic mass is 10.1. The molecule has 1 heterocycles. The summed E-state index contributed by atoms with van der Waals surface area (Å²) in [6, 6.07) is 0. The molecule has 1 saturated heterocycles. The van der Waals surface area contributed by atoms with Gasteiger partial charge in [-0.3, -0.25) is 10.1 Å². The number of aliphatic hydroxyl groups excluding tert-OH is 2. The van der Waals surface area contributed by atoms with Crippen molar-refractivity contribution >= 4 is 5.91 Å². The van der Waals surface area contributed by atoms with Crippen molar-refractivity contribution in [2.24, 2.45) is 0 Å². The van der Waals surface area contributed by atoms with E-state index in [9.17, 15) is 4.79 Å². The van der Waals surface area contributed by atoms with Crippen molar-refractivity contribution in [2.45, 2.75) is 31.7 Å². The maximum Gasteiger partial charge on any atom is 0.236 e. The van der Waals surface area contributed by atoms with Gasteiger partial charge in [-0.2, -0.15) is 0 Å². The van der Waals surface area contributed by atoms with Crippen LogP contribution in [0.2, 0.25) is 0 Å². The number of carbonyl (C=O) groups excluding carboxylic acids is 1. The number of nitrogens with one attached hydrogen (secondary N) is 1. The first-order chi connectivity index (χ1) is 7.61. The van der Waals surface area contributed by atoms with E-state index in [0.29, 0.717) is 0 Å². The lowest BCUT2D eigenvalue weighted by Gasteiger charge is -2.30. The molecule has 1 fully saturated rings. The molecular weight excluding hydrogens is 208 g/mol. The molecule has 3 N–H and O–H groups in total. The standard InChI is InChI=1S/C11H22N2O3/c1-11(8-14,9-15)12-7-10(16)13-5-3-2-4-6-13/h12,14-15H,2-9H2,1H3. The van der Waals surface area contributed by atoms with E-state index >= 15 is 0 Å². The molecular formula is C11H22N2O3. The summed E-state index contributed by atoms with van der Waals surface area (Å²) < 4.78 is 0. The Hall–Kier alpha value is -0.650. The molecule has 0 radical (unpaired) electrons. The molecule has 1 aliphatic rings. The Morgan fingerprint density at radius 1 is 1.25 bits per heavy atom. The van der Waals surface area contributed by atoms with E-state index < -0.39 is 5.54 Å². The van der Waals surface area contributed by atoms with Crippen LogP contribution in [0.3, 0.4) is 0 Å². The second kappa shape index (κ2) is 6.18. The SMILES string of the molecule is CC(CO)(CO)NCC(=O)N1CCCCC1. The number of likely N-dealkylation sites (tertiary alicyclic amines) is 1. The van der Waals surface area contributed by atoms with Crippen LogP contribution in [0.4, 0.5) is 0 Å². The van der Waals surface area contributed by atoms with Gasteiger partial charge in [0.05, 0.1) is 25.3 Å². The molecule has 0 aromatic carbocycles. The Balaban J connectivity index is 2.33. The van der Waals surface area contributed by atoms with Crippen LogP contribution in [-0.4, -0.2) is 59.4 Å². The van der Waals surface area contributed by atoms with Crippen LogP contribution in [-0.2, 0) is 4.79 Å². The number of carbonyl (C=O) groups is 1. The summed E-state index contributed by atoms with van der Waals surface area (Å²) in [7, 11) is 0. The van der Waals surface area contributed by atoms with Crippen LogP contribution in [0.5, 0.6) is 0 Å². The number of rotatable bonds is 5. The van der Waals surface area contributed by atoms with Gasteiger partial charge in [-0.1, -0.05) is 0 Å². The van der Waals surface area contributed by atoms with Crippen molar-refractivity contribution in [2.75, 3.05) is 32.8 Å². The second-order valence-corrected chi connectivity index (χ2v) is 4.67. The third-order valence-corrected chi connectivity index (χ3v) is 3.07. The number of hydrogen-bond acceptors (Lipinski definition) is 4. The van der Waals surface area contributed by atoms with Crippen molar-refractivity contribution in [3.8, 4) is 0 Å². The minimum Gasteiger partial charge on any atom is -0.394 e. The highest BCUT2D eigenvalue weighted by molar-refractivity contribution is 5.78. The van der Waals surface area contributed by atoms with Gasteiger partial charge in [-0.25, -0.2) is 0 Å². The molecule has 16 heavy (non-hydrogen) atoms. The maximum atomic E-state index is 11.8. The minimum atomic E-state index is -0.772.